The molecule has 0 aliphatic carbocycles. The Kier molecular flexibility index (Phi) is 9.92. The molecule has 8 heteroatoms. The van der Waals surface area contributed by atoms with Crippen LogP contribution in [-0.2, 0) is 32.6 Å². The lowest BCUT2D eigenvalue weighted by Gasteiger charge is -2.34. The fourth-order valence-corrected chi connectivity index (χ4v) is 5.33. The van der Waals surface area contributed by atoms with Gasteiger partial charge < -0.3 is 10.2 Å². The van der Waals surface area contributed by atoms with Gasteiger partial charge >= 0.3 is 0 Å². The van der Waals surface area contributed by atoms with E-state index in [4.69, 9.17) is 0 Å². The van der Waals surface area contributed by atoms with Crippen LogP contribution < -0.4 is 9.62 Å². The fraction of sp³-hybridized carbons (Fsp3) is 0.355. The van der Waals surface area contributed by atoms with E-state index in [9.17, 15) is 18.0 Å². The Morgan fingerprint density at radius 2 is 1.49 bits per heavy atom. The molecule has 0 unspecified atom stereocenters. The maximum absolute atomic E-state index is 14.1. The predicted molar refractivity (Wildman–Crippen MR) is 157 cm³/mol. The van der Waals surface area contributed by atoms with Crippen LogP contribution in [0, 0.1) is 20.8 Å². The number of carbonyl (C=O) groups is 2. The van der Waals surface area contributed by atoms with Crippen molar-refractivity contribution in [2.45, 2.75) is 59.7 Å². The number of aryl methyl sites for hydroxylation is 2. The third-order valence-electron chi connectivity index (χ3n) is 6.70. The van der Waals surface area contributed by atoms with Crippen LogP contribution in [0.25, 0.3) is 0 Å². The molecule has 39 heavy (non-hydrogen) atoms. The molecule has 0 heterocycles. The van der Waals surface area contributed by atoms with E-state index in [2.05, 4.69) is 5.32 Å². The molecule has 0 saturated heterocycles. The van der Waals surface area contributed by atoms with Crippen LogP contribution in [-0.4, -0.2) is 50.0 Å². The molecule has 0 aromatic heterocycles. The first kappa shape index (κ1) is 29.9. The number of amides is 2. The average Bonchev–Trinajstić information content (AvgIpc) is 2.87. The minimum Gasteiger partial charge on any atom is -0.352 e. The van der Waals surface area contributed by atoms with Gasteiger partial charge in [0.1, 0.15) is 12.6 Å². The monoisotopic (exact) mass is 549 g/mol. The molecule has 0 aliphatic heterocycles. The molecule has 0 aliphatic rings. The third kappa shape index (κ3) is 8.17. The standard InChI is InChI=1S/C31H39N3O4S/c1-22(2)32-31(36)29(19-26-12-8-7-9-13-26)33(20-27-17-15-23(3)16-18-27)30(35)21-34(39(6,37)38)28-14-10-11-24(4)25(28)5/h7-18,22,29H,19-21H2,1-6H3,(H,32,36)/t29-/m0/s1. The zero-order valence-corrected chi connectivity index (χ0v) is 24.5. The minimum absolute atomic E-state index is 0.130. The van der Waals surface area contributed by atoms with Gasteiger partial charge in [-0.1, -0.05) is 72.3 Å². The van der Waals surface area contributed by atoms with Gasteiger partial charge in [0, 0.05) is 19.0 Å². The van der Waals surface area contributed by atoms with Crippen LogP contribution in [0.5, 0.6) is 0 Å². The molecule has 0 radical (unpaired) electrons. The summed E-state index contributed by atoms with van der Waals surface area (Å²) in [7, 11) is -3.80. The summed E-state index contributed by atoms with van der Waals surface area (Å²) in [5.41, 5.74) is 4.97. The fourth-order valence-electron chi connectivity index (χ4n) is 4.43. The van der Waals surface area contributed by atoms with Gasteiger partial charge in [-0.15, -0.1) is 0 Å². The number of hydrogen-bond donors (Lipinski definition) is 1. The molecular weight excluding hydrogens is 510 g/mol. The maximum atomic E-state index is 14.1. The normalized spacial score (nSPS) is 12.2. The van der Waals surface area contributed by atoms with E-state index in [1.165, 1.54) is 4.90 Å². The highest BCUT2D eigenvalue weighted by molar-refractivity contribution is 7.92. The van der Waals surface area contributed by atoms with Crippen LogP contribution in [0.4, 0.5) is 5.69 Å². The van der Waals surface area contributed by atoms with Crippen molar-refractivity contribution in [2.24, 2.45) is 0 Å². The van der Waals surface area contributed by atoms with Gasteiger partial charge in [0.05, 0.1) is 11.9 Å². The predicted octanol–water partition coefficient (Wildman–Crippen LogP) is 4.54. The SMILES string of the molecule is Cc1ccc(CN(C(=O)CN(c2cccc(C)c2C)S(C)(=O)=O)[C@@H](Cc2ccccc2)C(=O)NC(C)C)cc1. The highest BCUT2D eigenvalue weighted by atomic mass is 32.2. The van der Waals surface area contributed by atoms with E-state index in [0.29, 0.717) is 12.1 Å². The van der Waals surface area contributed by atoms with E-state index >= 15 is 0 Å². The Balaban J connectivity index is 2.07. The molecule has 1 atom stereocenters. The number of hydrogen-bond acceptors (Lipinski definition) is 4. The molecule has 3 aromatic rings. The van der Waals surface area contributed by atoms with E-state index in [1.807, 2.05) is 95.3 Å². The Bertz CT molecular complexity index is 1390. The molecule has 208 valence electrons. The molecule has 0 saturated carbocycles. The van der Waals surface area contributed by atoms with Gasteiger partial charge in [-0.3, -0.25) is 13.9 Å². The summed E-state index contributed by atoms with van der Waals surface area (Å²) in [5.74, 6) is -0.742. The maximum Gasteiger partial charge on any atom is 0.244 e. The van der Waals surface area contributed by atoms with Gasteiger partial charge in [-0.25, -0.2) is 8.42 Å². The second-order valence-corrected chi connectivity index (χ2v) is 12.3. The van der Waals surface area contributed by atoms with Crippen molar-refractivity contribution in [1.29, 1.82) is 0 Å². The van der Waals surface area contributed by atoms with E-state index in [1.54, 1.807) is 12.1 Å². The van der Waals surface area contributed by atoms with Crippen molar-refractivity contribution in [3.8, 4) is 0 Å². The molecule has 1 N–H and O–H groups in total. The lowest BCUT2D eigenvalue weighted by atomic mass is 10.0. The lowest BCUT2D eigenvalue weighted by molar-refractivity contribution is -0.140. The summed E-state index contributed by atoms with van der Waals surface area (Å²) in [4.78, 5) is 29.2. The smallest absolute Gasteiger partial charge is 0.244 e. The number of benzene rings is 3. The number of nitrogens with zero attached hydrogens (tertiary/aromatic N) is 2. The third-order valence-corrected chi connectivity index (χ3v) is 7.83. The van der Waals surface area contributed by atoms with Gasteiger partial charge in [0.15, 0.2) is 0 Å². The summed E-state index contributed by atoms with van der Waals surface area (Å²) < 4.78 is 27.1. The summed E-state index contributed by atoms with van der Waals surface area (Å²) in [6.07, 6.45) is 1.39. The van der Waals surface area contributed by atoms with Crippen molar-refractivity contribution < 1.29 is 18.0 Å². The largest absolute Gasteiger partial charge is 0.352 e. The Morgan fingerprint density at radius 1 is 0.846 bits per heavy atom. The van der Waals surface area contributed by atoms with Gasteiger partial charge in [-0.2, -0.15) is 0 Å². The van der Waals surface area contributed by atoms with Gasteiger partial charge in [0.2, 0.25) is 21.8 Å². The number of carbonyl (C=O) groups excluding carboxylic acids is 2. The summed E-state index contributed by atoms with van der Waals surface area (Å²) >= 11 is 0. The molecule has 0 bridgehead atoms. The van der Waals surface area contributed by atoms with Crippen molar-refractivity contribution in [3.05, 3.63) is 101 Å². The molecular formula is C31H39N3O4S. The molecule has 0 spiro atoms. The zero-order chi connectivity index (χ0) is 28.7. The minimum atomic E-state index is -3.80. The number of anilines is 1. The average molecular weight is 550 g/mol. The number of nitrogens with one attached hydrogen (secondary N) is 1. The summed E-state index contributed by atoms with van der Waals surface area (Å²) in [6.45, 7) is 9.20. The lowest BCUT2D eigenvalue weighted by Crippen LogP contribution is -2.54. The van der Waals surface area contributed by atoms with Crippen molar-refractivity contribution in [1.82, 2.24) is 10.2 Å². The number of rotatable bonds is 11. The van der Waals surface area contributed by atoms with Crippen LogP contribution in [0.3, 0.4) is 0 Å². The van der Waals surface area contributed by atoms with E-state index in [-0.39, 0.29) is 18.5 Å². The second kappa shape index (κ2) is 12.9. The van der Waals surface area contributed by atoms with Crippen molar-refractivity contribution >= 4 is 27.5 Å². The first-order valence-electron chi connectivity index (χ1n) is 13.1. The van der Waals surface area contributed by atoms with Gasteiger partial charge in [0.25, 0.3) is 0 Å². The first-order chi connectivity index (χ1) is 18.4. The van der Waals surface area contributed by atoms with Crippen LogP contribution in [0.2, 0.25) is 0 Å². The van der Waals surface area contributed by atoms with E-state index < -0.39 is 28.5 Å². The first-order valence-corrected chi connectivity index (χ1v) is 14.9. The molecule has 3 rings (SSSR count). The second-order valence-electron chi connectivity index (χ2n) is 10.4. The van der Waals surface area contributed by atoms with Crippen LogP contribution in [0.1, 0.15) is 41.7 Å². The van der Waals surface area contributed by atoms with Crippen LogP contribution in [0.15, 0.2) is 72.8 Å². The van der Waals surface area contributed by atoms with Crippen LogP contribution >= 0.6 is 0 Å². The summed E-state index contributed by atoms with van der Waals surface area (Å²) in [5, 5.41) is 2.96. The Hall–Kier alpha value is -3.65. The van der Waals surface area contributed by atoms with Gasteiger partial charge in [-0.05, 0) is 62.9 Å². The molecule has 3 aromatic carbocycles. The molecule has 0 fully saturated rings. The molecule has 7 nitrogen and oxygen atoms in total. The number of sulfonamides is 1. The van der Waals surface area contributed by atoms with Crippen molar-refractivity contribution in [3.63, 3.8) is 0 Å². The highest BCUT2D eigenvalue weighted by Crippen LogP contribution is 2.26. The highest BCUT2D eigenvalue weighted by Gasteiger charge is 2.33. The topological polar surface area (TPSA) is 86.8 Å². The summed E-state index contributed by atoms with van der Waals surface area (Å²) in [6, 6.07) is 21.7. The molecule has 2 amide bonds. The van der Waals surface area contributed by atoms with Crippen molar-refractivity contribution in [2.75, 3.05) is 17.1 Å². The Labute approximate surface area is 232 Å². The quantitative estimate of drug-likeness (QED) is 0.380. The Morgan fingerprint density at radius 3 is 2.08 bits per heavy atom. The zero-order valence-electron chi connectivity index (χ0n) is 23.6. The van der Waals surface area contributed by atoms with E-state index in [0.717, 1.165) is 38.4 Å².